The van der Waals surface area contributed by atoms with Crippen LogP contribution in [-0.4, -0.2) is 28.6 Å². The first-order valence-corrected chi connectivity index (χ1v) is 7.07. The van der Waals surface area contributed by atoms with Gasteiger partial charge in [-0.25, -0.2) is 0 Å². The first kappa shape index (κ1) is 13.8. The molecular weight excluding hydrogens is 318 g/mol. The molecule has 0 aliphatic carbocycles. The van der Waals surface area contributed by atoms with Gasteiger partial charge in [0.2, 0.25) is 0 Å². The molecule has 18 heavy (non-hydrogen) atoms. The first-order chi connectivity index (χ1) is 8.49. The third-order valence-corrected chi connectivity index (χ3v) is 4.59. The minimum Gasteiger partial charge on any atom is -0.481 e. The highest BCUT2D eigenvalue weighted by Gasteiger charge is 2.35. The molecular formula is C13H15BrClNO2. The highest BCUT2D eigenvalue weighted by molar-refractivity contribution is 9.10. The highest BCUT2D eigenvalue weighted by Crippen LogP contribution is 2.29. The zero-order chi connectivity index (χ0) is 13.3. The SMILES string of the molecule is CC1C(C(=O)O)CCN1Cc1cc(Cl)ccc1Br. The Hall–Kier alpha value is -0.580. The summed E-state index contributed by atoms with van der Waals surface area (Å²) in [4.78, 5) is 13.3. The molecule has 1 aliphatic heterocycles. The van der Waals surface area contributed by atoms with Crippen LogP contribution in [0.15, 0.2) is 22.7 Å². The van der Waals surface area contributed by atoms with Crippen molar-refractivity contribution < 1.29 is 9.90 Å². The lowest BCUT2D eigenvalue weighted by atomic mass is 10.0. The van der Waals surface area contributed by atoms with Crippen LogP contribution in [0.25, 0.3) is 0 Å². The van der Waals surface area contributed by atoms with Crippen molar-refractivity contribution in [2.24, 2.45) is 5.92 Å². The van der Waals surface area contributed by atoms with Crippen LogP contribution in [0.4, 0.5) is 0 Å². The predicted molar refractivity (Wildman–Crippen MR) is 74.8 cm³/mol. The zero-order valence-corrected chi connectivity index (χ0v) is 12.4. The molecule has 1 saturated heterocycles. The third-order valence-electron chi connectivity index (χ3n) is 3.58. The average Bonchev–Trinajstić information content (AvgIpc) is 2.66. The summed E-state index contributed by atoms with van der Waals surface area (Å²) in [5.74, 6) is -0.960. The molecule has 0 bridgehead atoms. The molecule has 0 amide bonds. The number of benzene rings is 1. The molecule has 2 unspecified atom stereocenters. The second-order valence-electron chi connectivity index (χ2n) is 4.68. The van der Waals surface area contributed by atoms with Gasteiger partial charge in [-0.3, -0.25) is 9.69 Å². The molecule has 0 saturated carbocycles. The van der Waals surface area contributed by atoms with Gasteiger partial charge in [0.25, 0.3) is 0 Å². The number of likely N-dealkylation sites (tertiary alicyclic amines) is 1. The average molecular weight is 333 g/mol. The van der Waals surface area contributed by atoms with Gasteiger partial charge in [-0.15, -0.1) is 0 Å². The van der Waals surface area contributed by atoms with Gasteiger partial charge in [-0.05, 0) is 43.7 Å². The van der Waals surface area contributed by atoms with Crippen molar-refractivity contribution in [1.82, 2.24) is 4.90 Å². The van der Waals surface area contributed by atoms with Crippen LogP contribution in [0.3, 0.4) is 0 Å². The number of halogens is 2. The third kappa shape index (κ3) is 2.87. The summed E-state index contributed by atoms with van der Waals surface area (Å²) in [5, 5.41) is 9.81. The molecule has 1 aromatic rings. The maximum absolute atomic E-state index is 11.1. The Morgan fingerprint density at radius 2 is 2.33 bits per heavy atom. The van der Waals surface area contributed by atoms with E-state index in [2.05, 4.69) is 20.8 Å². The van der Waals surface area contributed by atoms with Crippen molar-refractivity contribution in [3.8, 4) is 0 Å². The fraction of sp³-hybridized carbons (Fsp3) is 0.462. The number of aliphatic carboxylic acids is 1. The Labute approximate surface area is 120 Å². The van der Waals surface area contributed by atoms with Crippen LogP contribution in [0.5, 0.6) is 0 Å². The highest BCUT2D eigenvalue weighted by atomic mass is 79.9. The zero-order valence-electron chi connectivity index (χ0n) is 10.1. The number of hydrogen-bond acceptors (Lipinski definition) is 2. The van der Waals surface area contributed by atoms with Gasteiger partial charge >= 0.3 is 5.97 Å². The minimum atomic E-state index is -0.699. The Balaban J connectivity index is 2.11. The minimum absolute atomic E-state index is 0.0633. The Kier molecular flexibility index (Phi) is 4.30. The van der Waals surface area contributed by atoms with E-state index in [1.807, 2.05) is 25.1 Å². The fourth-order valence-corrected chi connectivity index (χ4v) is 3.01. The Bertz CT molecular complexity index is 466. The molecule has 1 aliphatic rings. The summed E-state index contributed by atoms with van der Waals surface area (Å²) in [6.45, 7) is 3.52. The lowest BCUT2D eigenvalue weighted by molar-refractivity contribution is -0.142. The van der Waals surface area contributed by atoms with Crippen molar-refractivity contribution >= 4 is 33.5 Å². The molecule has 5 heteroatoms. The van der Waals surface area contributed by atoms with E-state index in [9.17, 15) is 4.79 Å². The van der Waals surface area contributed by atoms with Crippen LogP contribution in [0.2, 0.25) is 5.02 Å². The van der Waals surface area contributed by atoms with Crippen molar-refractivity contribution in [3.05, 3.63) is 33.3 Å². The van der Waals surface area contributed by atoms with Crippen molar-refractivity contribution in [1.29, 1.82) is 0 Å². The topological polar surface area (TPSA) is 40.5 Å². The second-order valence-corrected chi connectivity index (χ2v) is 5.97. The first-order valence-electron chi connectivity index (χ1n) is 5.90. The number of hydrogen-bond donors (Lipinski definition) is 1. The number of carboxylic acid groups (broad SMARTS) is 1. The number of nitrogens with zero attached hydrogens (tertiary/aromatic N) is 1. The number of carbonyl (C=O) groups is 1. The molecule has 1 heterocycles. The monoisotopic (exact) mass is 331 g/mol. The van der Waals surface area contributed by atoms with Crippen LogP contribution in [0, 0.1) is 5.92 Å². The summed E-state index contributed by atoms with van der Waals surface area (Å²) in [6.07, 6.45) is 0.717. The molecule has 1 aromatic carbocycles. The normalized spacial score (nSPS) is 24.4. The van der Waals surface area contributed by atoms with Gasteiger partial charge in [-0.2, -0.15) is 0 Å². The van der Waals surface area contributed by atoms with Gasteiger partial charge in [0.1, 0.15) is 0 Å². The van der Waals surface area contributed by atoms with E-state index in [0.29, 0.717) is 11.4 Å². The summed E-state index contributed by atoms with van der Waals surface area (Å²) >= 11 is 9.48. The van der Waals surface area contributed by atoms with Gasteiger partial charge in [0.05, 0.1) is 5.92 Å². The quantitative estimate of drug-likeness (QED) is 0.922. The molecule has 0 aromatic heterocycles. The molecule has 0 spiro atoms. The largest absolute Gasteiger partial charge is 0.481 e. The van der Waals surface area contributed by atoms with E-state index in [1.54, 1.807) is 0 Å². The molecule has 0 radical (unpaired) electrons. The van der Waals surface area contributed by atoms with Gasteiger partial charge in [-0.1, -0.05) is 27.5 Å². The van der Waals surface area contributed by atoms with Crippen LogP contribution in [0.1, 0.15) is 18.9 Å². The Morgan fingerprint density at radius 3 is 2.94 bits per heavy atom. The molecule has 3 nitrogen and oxygen atoms in total. The maximum Gasteiger partial charge on any atom is 0.308 e. The van der Waals surface area contributed by atoms with E-state index in [-0.39, 0.29) is 12.0 Å². The van der Waals surface area contributed by atoms with Crippen molar-refractivity contribution in [2.75, 3.05) is 6.54 Å². The lowest BCUT2D eigenvalue weighted by Crippen LogP contribution is -2.32. The standard InChI is InChI=1S/C13H15BrClNO2/c1-8-11(13(17)18)4-5-16(8)7-9-6-10(15)2-3-12(9)14/h2-3,6,8,11H,4-5,7H2,1H3,(H,17,18). The van der Waals surface area contributed by atoms with Gasteiger partial charge in [0, 0.05) is 22.1 Å². The molecule has 1 N–H and O–H groups in total. The van der Waals surface area contributed by atoms with E-state index in [1.165, 1.54) is 0 Å². The second kappa shape index (κ2) is 5.59. The summed E-state index contributed by atoms with van der Waals surface area (Å²) in [5.41, 5.74) is 1.10. The summed E-state index contributed by atoms with van der Waals surface area (Å²) in [6, 6.07) is 5.75. The van der Waals surface area contributed by atoms with Gasteiger partial charge < -0.3 is 5.11 Å². The van der Waals surface area contributed by atoms with E-state index in [4.69, 9.17) is 16.7 Å². The Morgan fingerprint density at radius 1 is 1.61 bits per heavy atom. The number of rotatable bonds is 3. The molecule has 2 rings (SSSR count). The lowest BCUT2D eigenvalue weighted by Gasteiger charge is -2.23. The van der Waals surface area contributed by atoms with E-state index >= 15 is 0 Å². The van der Waals surface area contributed by atoms with E-state index < -0.39 is 5.97 Å². The maximum atomic E-state index is 11.1. The van der Waals surface area contributed by atoms with Gasteiger partial charge in [0.15, 0.2) is 0 Å². The number of carboxylic acids is 1. The van der Waals surface area contributed by atoms with Crippen LogP contribution >= 0.6 is 27.5 Å². The summed E-state index contributed by atoms with van der Waals surface area (Å²) in [7, 11) is 0. The van der Waals surface area contributed by atoms with Crippen molar-refractivity contribution in [3.63, 3.8) is 0 Å². The van der Waals surface area contributed by atoms with Crippen molar-refractivity contribution in [2.45, 2.75) is 25.9 Å². The smallest absolute Gasteiger partial charge is 0.308 e. The predicted octanol–water partition coefficient (Wildman–Crippen LogP) is 3.40. The van der Waals surface area contributed by atoms with Crippen LogP contribution in [-0.2, 0) is 11.3 Å². The molecule has 1 fully saturated rings. The molecule has 2 atom stereocenters. The fourth-order valence-electron chi connectivity index (χ4n) is 2.44. The summed E-state index contributed by atoms with van der Waals surface area (Å²) < 4.78 is 1.01. The molecule has 98 valence electrons. The van der Waals surface area contributed by atoms with E-state index in [0.717, 1.165) is 23.1 Å². The van der Waals surface area contributed by atoms with Crippen LogP contribution < -0.4 is 0 Å².